The largest absolute Gasteiger partial charge is 0.493 e. The molecule has 1 aliphatic rings. The molecule has 1 aliphatic carbocycles. The Balaban J connectivity index is 0.00000312. The molecular weight excluding hydrogens is 340 g/mol. The Morgan fingerprint density at radius 3 is 2.52 bits per heavy atom. The van der Waals surface area contributed by atoms with Gasteiger partial charge in [-0.25, -0.2) is 0 Å². The van der Waals surface area contributed by atoms with E-state index in [-0.39, 0.29) is 35.7 Å². The molecule has 1 aromatic rings. The number of hydrogen-bond acceptors (Lipinski definition) is 4. The van der Waals surface area contributed by atoms with Gasteiger partial charge in [-0.2, -0.15) is 0 Å². The third-order valence-electron chi connectivity index (χ3n) is 4.96. The first-order chi connectivity index (χ1) is 11.4. The predicted molar refractivity (Wildman–Crippen MR) is 103 cm³/mol. The van der Waals surface area contributed by atoms with Crippen molar-refractivity contribution in [1.29, 1.82) is 0 Å². The van der Waals surface area contributed by atoms with Crippen LogP contribution in [0.5, 0.6) is 11.5 Å². The zero-order valence-corrected chi connectivity index (χ0v) is 16.4. The molecule has 1 amide bonds. The van der Waals surface area contributed by atoms with Crippen LogP contribution in [0, 0.1) is 5.92 Å². The van der Waals surface area contributed by atoms with Gasteiger partial charge in [-0.05, 0) is 37.0 Å². The summed E-state index contributed by atoms with van der Waals surface area (Å²) < 4.78 is 10.7. The molecule has 0 heterocycles. The minimum atomic E-state index is -0.202. The topological polar surface area (TPSA) is 73.6 Å². The molecule has 142 valence electrons. The second-order valence-electron chi connectivity index (χ2n) is 7.30. The quantitative estimate of drug-likeness (QED) is 0.807. The summed E-state index contributed by atoms with van der Waals surface area (Å²) in [6.45, 7) is 4.80. The van der Waals surface area contributed by atoms with E-state index in [0.29, 0.717) is 18.0 Å². The van der Waals surface area contributed by atoms with Gasteiger partial charge in [0.15, 0.2) is 11.5 Å². The molecule has 2 unspecified atom stereocenters. The molecule has 1 saturated carbocycles. The van der Waals surface area contributed by atoms with Crippen molar-refractivity contribution in [3.8, 4) is 11.5 Å². The Hall–Kier alpha value is -1.46. The molecule has 0 radical (unpaired) electrons. The van der Waals surface area contributed by atoms with Gasteiger partial charge in [-0.1, -0.05) is 26.3 Å². The number of amides is 1. The summed E-state index contributed by atoms with van der Waals surface area (Å²) in [6, 6.07) is 6.05. The summed E-state index contributed by atoms with van der Waals surface area (Å²) in [5.41, 5.74) is 6.89. The first kappa shape index (κ1) is 21.6. The van der Waals surface area contributed by atoms with Crippen molar-refractivity contribution in [2.24, 2.45) is 11.7 Å². The van der Waals surface area contributed by atoms with Gasteiger partial charge in [-0.3, -0.25) is 4.79 Å². The third-order valence-corrected chi connectivity index (χ3v) is 4.96. The summed E-state index contributed by atoms with van der Waals surface area (Å²) in [5, 5.41) is 3.11. The van der Waals surface area contributed by atoms with Crippen LogP contribution >= 0.6 is 12.4 Å². The van der Waals surface area contributed by atoms with Crippen molar-refractivity contribution < 1.29 is 14.3 Å². The normalized spacial score (nSPS) is 20.4. The summed E-state index contributed by atoms with van der Waals surface area (Å²) in [6.07, 6.45) is 3.80. The van der Waals surface area contributed by atoms with E-state index in [1.54, 1.807) is 14.2 Å². The molecule has 2 atom stereocenters. The lowest BCUT2D eigenvalue weighted by atomic mass is 9.83. The zero-order valence-electron chi connectivity index (χ0n) is 15.6. The molecule has 0 saturated heterocycles. The number of carbonyl (C=O) groups excluding carboxylic acids is 1. The number of rotatable bonds is 6. The average molecular weight is 371 g/mol. The van der Waals surface area contributed by atoms with Gasteiger partial charge < -0.3 is 20.5 Å². The summed E-state index contributed by atoms with van der Waals surface area (Å²) in [7, 11) is 3.25. The first-order valence-electron chi connectivity index (χ1n) is 8.63. The second kappa shape index (κ2) is 9.30. The van der Waals surface area contributed by atoms with Crippen molar-refractivity contribution >= 4 is 18.3 Å². The van der Waals surface area contributed by atoms with E-state index in [0.717, 1.165) is 31.2 Å². The molecule has 0 spiro atoms. The maximum atomic E-state index is 12.4. The number of benzene rings is 1. The van der Waals surface area contributed by atoms with E-state index in [1.807, 2.05) is 18.2 Å². The number of ether oxygens (including phenoxy) is 2. The van der Waals surface area contributed by atoms with Gasteiger partial charge in [0.1, 0.15) is 0 Å². The Kier molecular flexibility index (Phi) is 8.03. The number of nitrogens with two attached hydrogens (primary N) is 1. The number of halogens is 1. The fourth-order valence-electron chi connectivity index (χ4n) is 3.28. The van der Waals surface area contributed by atoms with Crippen molar-refractivity contribution in [2.75, 3.05) is 20.8 Å². The molecular formula is C19H31ClN2O3. The van der Waals surface area contributed by atoms with Crippen molar-refractivity contribution in [3.63, 3.8) is 0 Å². The van der Waals surface area contributed by atoms with Gasteiger partial charge in [-0.15, -0.1) is 12.4 Å². The highest BCUT2D eigenvalue weighted by Gasteiger charge is 2.28. The number of hydrogen-bond donors (Lipinski definition) is 2. The lowest BCUT2D eigenvalue weighted by Gasteiger charge is -2.29. The summed E-state index contributed by atoms with van der Waals surface area (Å²) in [4.78, 5) is 12.4. The van der Waals surface area contributed by atoms with E-state index < -0.39 is 0 Å². The van der Waals surface area contributed by atoms with Crippen LogP contribution < -0.4 is 20.5 Å². The molecule has 3 N–H and O–H groups in total. The van der Waals surface area contributed by atoms with Crippen LogP contribution in [0.4, 0.5) is 0 Å². The highest BCUT2D eigenvalue weighted by atomic mass is 35.5. The van der Waals surface area contributed by atoms with E-state index in [9.17, 15) is 4.79 Å². The minimum absolute atomic E-state index is 0. The smallest absolute Gasteiger partial charge is 0.223 e. The van der Waals surface area contributed by atoms with Gasteiger partial charge in [0.2, 0.25) is 5.91 Å². The SMILES string of the molecule is COc1ccc(C(C)(C)CNC(=O)C2CCCC(N)C2)cc1OC.Cl. The Bertz CT molecular complexity index is 578. The fraction of sp³-hybridized carbons (Fsp3) is 0.632. The molecule has 1 fully saturated rings. The van der Waals surface area contributed by atoms with Crippen LogP contribution in [0.3, 0.4) is 0 Å². The van der Waals surface area contributed by atoms with Crippen molar-refractivity contribution in [3.05, 3.63) is 23.8 Å². The minimum Gasteiger partial charge on any atom is -0.493 e. The Morgan fingerprint density at radius 1 is 1.24 bits per heavy atom. The molecule has 5 nitrogen and oxygen atoms in total. The van der Waals surface area contributed by atoms with Crippen molar-refractivity contribution in [2.45, 2.75) is 51.0 Å². The van der Waals surface area contributed by atoms with Crippen molar-refractivity contribution in [1.82, 2.24) is 5.32 Å². The zero-order chi connectivity index (χ0) is 17.7. The maximum absolute atomic E-state index is 12.4. The maximum Gasteiger partial charge on any atom is 0.223 e. The molecule has 0 aliphatic heterocycles. The standard InChI is InChI=1S/C19H30N2O3.ClH/c1-19(2,14-8-9-16(23-3)17(11-14)24-4)12-21-18(22)13-6-5-7-15(20)10-13;/h8-9,11,13,15H,5-7,10,12,20H2,1-4H3,(H,21,22);1H. The highest BCUT2D eigenvalue weighted by molar-refractivity contribution is 5.85. The van der Waals surface area contributed by atoms with E-state index in [2.05, 4.69) is 19.2 Å². The predicted octanol–water partition coefficient (Wildman–Crippen LogP) is 3.04. The molecule has 0 bridgehead atoms. The number of carbonyl (C=O) groups is 1. The fourth-order valence-corrected chi connectivity index (χ4v) is 3.28. The molecule has 2 rings (SSSR count). The summed E-state index contributed by atoms with van der Waals surface area (Å²) in [5.74, 6) is 1.58. The van der Waals surface area contributed by atoms with Crippen LogP contribution in [0.2, 0.25) is 0 Å². The van der Waals surface area contributed by atoms with E-state index in [4.69, 9.17) is 15.2 Å². The molecule has 1 aromatic carbocycles. The van der Waals surface area contributed by atoms with Gasteiger partial charge in [0, 0.05) is 23.9 Å². The number of nitrogens with one attached hydrogen (secondary N) is 1. The average Bonchev–Trinajstić information content (AvgIpc) is 2.59. The molecule has 6 heteroatoms. The van der Waals surface area contributed by atoms with Gasteiger partial charge in [0.25, 0.3) is 0 Å². The Labute approximate surface area is 157 Å². The second-order valence-corrected chi connectivity index (χ2v) is 7.30. The Morgan fingerprint density at radius 2 is 1.92 bits per heavy atom. The monoisotopic (exact) mass is 370 g/mol. The lowest BCUT2D eigenvalue weighted by Crippen LogP contribution is -2.42. The number of methoxy groups -OCH3 is 2. The summed E-state index contributed by atoms with van der Waals surface area (Å²) >= 11 is 0. The van der Waals surface area contributed by atoms with E-state index >= 15 is 0 Å². The third kappa shape index (κ3) is 5.51. The van der Waals surface area contributed by atoms with Gasteiger partial charge >= 0.3 is 0 Å². The van der Waals surface area contributed by atoms with Crippen LogP contribution in [-0.2, 0) is 10.2 Å². The van der Waals surface area contributed by atoms with E-state index in [1.165, 1.54) is 0 Å². The highest BCUT2D eigenvalue weighted by Crippen LogP contribution is 2.33. The molecule has 0 aromatic heterocycles. The van der Waals surface area contributed by atoms with Gasteiger partial charge in [0.05, 0.1) is 14.2 Å². The van der Waals surface area contributed by atoms with Crippen LogP contribution in [0.1, 0.15) is 45.1 Å². The van der Waals surface area contributed by atoms with Crippen LogP contribution in [0.15, 0.2) is 18.2 Å². The van der Waals surface area contributed by atoms with Crippen LogP contribution in [-0.4, -0.2) is 32.7 Å². The van der Waals surface area contributed by atoms with Crippen LogP contribution in [0.25, 0.3) is 0 Å². The first-order valence-corrected chi connectivity index (χ1v) is 8.63. The lowest BCUT2D eigenvalue weighted by molar-refractivity contribution is -0.126. The molecule has 25 heavy (non-hydrogen) atoms.